The molecule has 0 saturated heterocycles. The molecule has 0 N–H and O–H groups in total. The Bertz CT molecular complexity index is 6060. The van der Waals surface area contributed by atoms with E-state index in [2.05, 4.69) is 307 Å². The summed E-state index contributed by atoms with van der Waals surface area (Å²) in [5.41, 5.74) is 24.9. The topological polar surface area (TPSA) is 59.0 Å². The smallest absolute Gasteiger partial charge is 0.143 e. The van der Waals surface area contributed by atoms with Crippen molar-refractivity contribution in [1.29, 1.82) is 0 Å². The quantitative estimate of drug-likeness (QED) is 0.129. The number of benzene rings is 15. The molecule has 0 spiro atoms. The van der Waals surface area contributed by atoms with Crippen molar-refractivity contribution in [3.05, 3.63) is 352 Å². The Morgan fingerprint density at radius 3 is 0.906 bits per heavy atom. The molecule has 19 aromatic rings. The summed E-state index contributed by atoms with van der Waals surface area (Å²) < 4.78 is 25.3. The van der Waals surface area contributed by atoms with Crippen LogP contribution in [0.4, 0.5) is 34.1 Å². The summed E-state index contributed by atoms with van der Waals surface area (Å²) in [6, 6.07) is 123. The number of rotatable bonds is 11. The molecule has 0 unspecified atom stereocenters. The molecule has 0 atom stereocenters. The van der Waals surface area contributed by atoms with Gasteiger partial charge < -0.3 is 27.5 Å². The van der Waals surface area contributed by atoms with E-state index in [1.165, 1.54) is 22.3 Å². The maximum absolute atomic E-state index is 6.38. The van der Waals surface area contributed by atoms with E-state index in [-0.39, 0.29) is 0 Å². The van der Waals surface area contributed by atoms with Gasteiger partial charge in [0.15, 0.2) is 0 Å². The number of nitrogens with zero attached hydrogens (tertiary/aromatic N) is 2. The summed E-state index contributed by atoms with van der Waals surface area (Å²) in [5.74, 6) is 0. The van der Waals surface area contributed by atoms with Gasteiger partial charge >= 0.3 is 0 Å². The van der Waals surface area contributed by atoms with E-state index >= 15 is 0 Å². The van der Waals surface area contributed by atoms with Gasteiger partial charge in [-0.15, -0.1) is 0 Å². The predicted molar refractivity (Wildman–Crippen MR) is 399 cm³/mol. The van der Waals surface area contributed by atoms with Crippen LogP contribution in [0.25, 0.3) is 143 Å². The molecule has 0 radical (unpaired) electrons. The van der Waals surface area contributed by atoms with Gasteiger partial charge in [0.2, 0.25) is 0 Å². The highest BCUT2D eigenvalue weighted by atomic mass is 16.3. The van der Waals surface area contributed by atoms with Gasteiger partial charge in [-0.05, 0) is 154 Å². The van der Waals surface area contributed by atoms with E-state index in [0.29, 0.717) is 0 Å². The van der Waals surface area contributed by atoms with Crippen LogP contribution in [0.5, 0.6) is 0 Å². The van der Waals surface area contributed by atoms with Gasteiger partial charge in [0, 0.05) is 94.4 Å². The lowest BCUT2D eigenvalue weighted by Crippen LogP contribution is -2.10. The third-order valence-corrected chi connectivity index (χ3v) is 18.6. The molecule has 15 aromatic carbocycles. The van der Waals surface area contributed by atoms with E-state index in [1.54, 1.807) is 0 Å². The zero-order valence-electron chi connectivity index (χ0n) is 52.0. The second-order valence-corrected chi connectivity index (χ2v) is 24.3. The third-order valence-electron chi connectivity index (χ3n) is 18.6. The van der Waals surface area contributed by atoms with Crippen molar-refractivity contribution < 1.29 is 17.7 Å². The van der Waals surface area contributed by atoms with Gasteiger partial charge in [0.25, 0.3) is 0 Å². The van der Waals surface area contributed by atoms with Crippen molar-refractivity contribution in [2.75, 3.05) is 9.80 Å². The summed E-state index contributed by atoms with van der Waals surface area (Å²) in [4.78, 5) is 4.61. The lowest BCUT2D eigenvalue weighted by Gasteiger charge is -2.26. The van der Waals surface area contributed by atoms with E-state index in [9.17, 15) is 0 Å². The Morgan fingerprint density at radius 1 is 0.156 bits per heavy atom. The van der Waals surface area contributed by atoms with Gasteiger partial charge in [-0.3, -0.25) is 0 Å². The number of anilines is 6. The Labute approximate surface area is 553 Å². The first kappa shape index (κ1) is 55.9. The van der Waals surface area contributed by atoms with Crippen LogP contribution in [0.2, 0.25) is 0 Å². The number of fused-ring (bicyclic) bond motifs is 12. The predicted octanol–water partition coefficient (Wildman–Crippen LogP) is 26.2. The lowest BCUT2D eigenvalue weighted by atomic mass is 10.0. The van der Waals surface area contributed by atoms with E-state index < -0.39 is 0 Å². The summed E-state index contributed by atoms with van der Waals surface area (Å²) in [6.45, 7) is 0. The van der Waals surface area contributed by atoms with Crippen molar-refractivity contribution in [3.63, 3.8) is 0 Å². The molecule has 0 aliphatic rings. The monoisotopic (exact) mass is 1230 g/mol. The Morgan fingerprint density at radius 2 is 0.448 bits per heavy atom. The van der Waals surface area contributed by atoms with Crippen LogP contribution < -0.4 is 9.80 Å². The molecule has 452 valence electrons. The SMILES string of the molecule is c1ccc(-c2ccc(N(c3ccc(-c4cccc5c4oc4ccccc45)cc3)c3ccc4c(c3)oc3ccccc34)cc2)cc1.c1ccc(-c2ccc(N(c3ccc(-c4cccc5c4oc4ccccc45)cc3)c3cccc(-c4ccc5c(c4)oc4ccccc45)c3)cc2)cc1. The molecule has 4 heterocycles. The van der Waals surface area contributed by atoms with Gasteiger partial charge in [0.1, 0.15) is 44.7 Å². The molecule has 0 saturated carbocycles. The van der Waals surface area contributed by atoms with E-state index in [0.717, 1.165) is 155 Å². The molecular weight excluding hydrogens is 1170 g/mol. The summed E-state index contributed by atoms with van der Waals surface area (Å²) >= 11 is 0. The molecule has 6 heteroatoms. The summed E-state index contributed by atoms with van der Waals surface area (Å²) in [7, 11) is 0. The zero-order valence-corrected chi connectivity index (χ0v) is 52.0. The van der Waals surface area contributed by atoms with Crippen molar-refractivity contribution in [2.45, 2.75) is 0 Å². The van der Waals surface area contributed by atoms with Crippen molar-refractivity contribution in [1.82, 2.24) is 0 Å². The Balaban J connectivity index is 0.000000141. The van der Waals surface area contributed by atoms with Crippen LogP contribution in [-0.2, 0) is 0 Å². The highest BCUT2D eigenvalue weighted by Crippen LogP contribution is 2.45. The molecule has 4 aromatic heterocycles. The highest BCUT2D eigenvalue weighted by Gasteiger charge is 2.21. The van der Waals surface area contributed by atoms with Gasteiger partial charge in [-0.1, -0.05) is 237 Å². The first-order valence-corrected chi connectivity index (χ1v) is 32.4. The second kappa shape index (κ2) is 23.7. The van der Waals surface area contributed by atoms with Crippen LogP contribution in [0.15, 0.2) is 370 Å². The van der Waals surface area contributed by atoms with Crippen LogP contribution in [-0.4, -0.2) is 0 Å². The summed E-state index contributed by atoms with van der Waals surface area (Å²) in [6.07, 6.45) is 0. The van der Waals surface area contributed by atoms with E-state index in [4.69, 9.17) is 17.7 Å². The van der Waals surface area contributed by atoms with Crippen LogP contribution in [0, 0.1) is 0 Å². The average Bonchev–Trinajstić information content (AvgIpc) is 1.57. The van der Waals surface area contributed by atoms with Gasteiger partial charge in [-0.25, -0.2) is 0 Å². The maximum atomic E-state index is 6.38. The number of hydrogen-bond donors (Lipinski definition) is 0. The van der Waals surface area contributed by atoms with Crippen molar-refractivity contribution in [3.8, 4) is 55.6 Å². The minimum atomic E-state index is 0.868. The maximum Gasteiger partial charge on any atom is 0.143 e. The number of furan rings is 4. The minimum Gasteiger partial charge on any atom is -0.456 e. The average molecular weight is 1230 g/mol. The first-order valence-electron chi connectivity index (χ1n) is 32.4. The Kier molecular flexibility index (Phi) is 13.8. The Hall–Kier alpha value is -12.9. The van der Waals surface area contributed by atoms with Crippen LogP contribution >= 0.6 is 0 Å². The molecule has 19 rings (SSSR count). The van der Waals surface area contributed by atoms with E-state index in [1.807, 2.05) is 54.6 Å². The molecular formula is C90H58N2O4. The van der Waals surface area contributed by atoms with Gasteiger partial charge in [0.05, 0.1) is 0 Å². The fourth-order valence-corrected chi connectivity index (χ4v) is 13.9. The second-order valence-electron chi connectivity index (χ2n) is 24.3. The fourth-order valence-electron chi connectivity index (χ4n) is 13.9. The molecule has 0 amide bonds. The van der Waals surface area contributed by atoms with Crippen molar-refractivity contribution in [2.24, 2.45) is 0 Å². The molecule has 6 nitrogen and oxygen atoms in total. The first-order chi connectivity index (χ1) is 47.6. The van der Waals surface area contributed by atoms with Crippen molar-refractivity contribution >= 4 is 122 Å². The summed E-state index contributed by atoms with van der Waals surface area (Å²) in [5, 5.41) is 9.04. The fraction of sp³-hybridized carbons (Fsp3) is 0. The van der Waals surface area contributed by atoms with Gasteiger partial charge in [-0.2, -0.15) is 0 Å². The normalized spacial score (nSPS) is 11.5. The number of para-hydroxylation sites is 6. The zero-order chi connectivity index (χ0) is 63.5. The molecule has 0 bridgehead atoms. The molecule has 0 fully saturated rings. The number of hydrogen-bond acceptors (Lipinski definition) is 6. The minimum absolute atomic E-state index is 0.868. The lowest BCUT2D eigenvalue weighted by molar-refractivity contribution is 0.668. The van der Waals surface area contributed by atoms with Crippen LogP contribution in [0.3, 0.4) is 0 Å². The molecule has 96 heavy (non-hydrogen) atoms. The third kappa shape index (κ3) is 10.1. The standard InChI is InChI=1S/C48H31NO2.C42H27NO2/c1-2-10-32(11-3-1)33-20-25-37(26-21-33)49(38-27-22-34(23-28-38)40-16-9-17-44-42-15-5-7-19-46(42)51-48(40)44)39-13-8-12-35(30-39)36-24-29-43-41-14-4-6-18-45(41)50-47(43)31-36;1-2-9-28(10-3-1)29-17-21-31(22-18-29)43(33-25-26-37-35-11-4-6-15-39(35)44-41(37)27-33)32-23-19-30(20-24-32)34-13-8-14-38-36-12-5-7-16-40(36)45-42(34)38/h1-31H;1-27H. The van der Waals surface area contributed by atoms with Crippen LogP contribution in [0.1, 0.15) is 0 Å². The molecule has 0 aliphatic carbocycles. The molecule has 0 aliphatic heterocycles. The highest BCUT2D eigenvalue weighted by molar-refractivity contribution is 6.12. The largest absolute Gasteiger partial charge is 0.456 e.